The topological polar surface area (TPSA) is 46.3 Å². The van der Waals surface area contributed by atoms with E-state index < -0.39 is 0 Å². The third-order valence-corrected chi connectivity index (χ3v) is 5.11. The highest BCUT2D eigenvalue weighted by Gasteiger charge is 2.36. The molecule has 1 saturated heterocycles. The Morgan fingerprint density at radius 1 is 1.42 bits per heavy atom. The fourth-order valence-electron chi connectivity index (χ4n) is 2.94. The molecule has 0 spiro atoms. The van der Waals surface area contributed by atoms with Gasteiger partial charge in [-0.25, -0.2) is 0 Å². The van der Waals surface area contributed by atoms with E-state index >= 15 is 0 Å². The average Bonchev–Trinajstić information content (AvgIpc) is 3.04. The molecule has 2 heterocycles. The van der Waals surface area contributed by atoms with E-state index in [1.807, 2.05) is 17.0 Å². The van der Waals surface area contributed by atoms with Gasteiger partial charge in [0.05, 0.1) is 5.92 Å². The van der Waals surface area contributed by atoms with Crippen molar-refractivity contribution in [2.45, 2.75) is 29.7 Å². The Morgan fingerprint density at radius 3 is 3.00 bits per heavy atom. The lowest BCUT2D eigenvalue weighted by Gasteiger charge is -2.26. The van der Waals surface area contributed by atoms with Crippen LogP contribution in [0.4, 0.5) is 0 Å². The standard InChI is InChI=1S/C14H18N2OS.ClH/c15-8-10-4-3-7-16(10)14(17)12-9-18-13-6-2-1-5-11(12)13;/h1-2,5-6,10,12H,3-4,7-9,15H2;1H. The molecule has 19 heavy (non-hydrogen) atoms. The third-order valence-electron chi connectivity index (χ3n) is 3.93. The molecule has 0 saturated carbocycles. The largest absolute Gasteiger partial charge is 0.338 e. The van der Waals surface area contributed by atoms with E-state index in [0.717, 1.165) is 25.1 Å². The van der Waals surface area contributed by atoms with Gasteiger partial charge in [0.1, 0.15) is 0 Å². The van der Waals surface area contributed by atoms with E-state index in [2.05, 4.69) is 12.1 Å². The third kappa shape index (κ3) is 2.62. The SMILES string of the molecule is Cl.NCC1CCCN1C(=O)C1CSc2ccccc21. The first kappa shape index (κ1) is 14.7. The number of carbonyl (C=O) groups excluding carboxylic acids is 1. The molecule has 0 radical (unpaired) electrons. The number of fused-ring (bicyclic) bond motifs is 1. The van der Waals surface area contributed by atoms with Crippen LogP contribution in [-0.4, -0.2) is 35.7 Å². The van der Waals surface area contributed by atoms with Crippen molar-refractivity contribution in [3.05, 3.63) is 29.8 Å². The number of carbonyl (C=O) groups is 1. The summed E-state index contributed by atoms with van der Waals surface area (Å²) in [4.78, 5) is 15.9. The number of thioether (sulfide) groups is 1. The molecule has 2 unspecified atom stereocenters. The first-order valence-electron chi connectivity index (χ1n) is 6.53. The molecule has 2 aliphatic heterocycles. The highest BCUT2D eigenvalue weighted by molar-refractivity contribution is 7.99. The van der Waals surface area contributed by atoms with Gasteiger partial charge < -0.3 is 10.6 Å². The number of benzene rings is 1. The summed E-state index contributed by atoms with van der Waals surface area (Å²) in [6, 6.07) is 8.52. The Bertz CT molecular complexity index is 469. The van der Waals surface area contributed by atoms with Gasteiger partial charge in [0, 0.05) is 29.8 Å². The molecule has 2 aliphatic rings. The maximum absolute atomic E-state index is 12.6. The second-order valence-electron chi connectivity index (χ2n) is 4.96. The van der Waals surface area contributed by atoms with Crippen LogP contribution in [0, 0.1) is 0 Å². The van der Waals surface area contributed by atoms with Crippen LogP contribution < -0.4 is 5.73 Å². The van der Waals surface area contributed by atoms with Gasteiger partial charge in [0.2, 0.25) is 5.91 Å². The first-order chi connectivity index (χ1) is 8.81. The summed E-state index contributed by atoms with van der Waals surface area (Å²) in [7, 11) is 0. The second-order valence-corrected chi connectivity index (χ2v) is 6.03. The van der Waals surface area contributed by atoms with Crippen LogP contribution in [0.3, 0.4) is 0 Å². The molecule has 2 atom stereocenters. The van der Waals surface area contributed by atoms with Crippen LogP contribution >= 0.6 is 24.2 Å². The molecule has 3 nitrogen and oxygen atoms in total. The van der Waals surface area contributed by atoms with Gasteiger partial charge in [-0.3, -0.25) is 4.79 Å². The fourth-order valence-corrected chi connectivity index (χ4v) is 4.16. The van der Waals surface area contributed by atoms with Gasteiger partial charge >= 0.3 is 0 Å². The molecule has 0 aromatic heterocycles. The van der Waals surface area contributed by atoms with Crippen LogP contribution in [0.1, 0.15) is 24.3 Å². The van der Waals surface area contributed by atoms with Gasteiger partial charge in [-0.1, -0.05) is 18.2 Å². The molecule has 104 valence electrons. The summed E-state index contributed by atoms with van der Waals surface area (Å²) >= 11 is 1.79. The van der Waals surface area contributed by atoms with Crippen molar-refractivity contribution < 1.29 is 4.79 Å². The summed E-state index contributed by atoms with van der Waals surface area (Å²) < 4.78 is 0. The lowest BCUT2D eigenvalue weighted by atomic mass is 9.99. The predicted octanol–water partition coefficient (Wildman–Crippen LogP) is 2.25. The van der Waals surface area contributed by atoms with Gasteiger partial charge in [0.15, 0.2) is 0 Å². The van der Waals surface area contributed by atoms with Crippen molar-refractivity contribution in [2.24, 2.45) is 5.73 Å². The number of nitrogens with two attached hydrogens (primary N) is 1. The number of likely N-dealkylation sites (tertiary alicyclic amines) is 1. The summed E-state index contributed by atoms with van der Waals surface area (Å²) in [5.41, 5.74) is 6.96. The second kappa shape index (κ2) is 6.16. The smallest absolute Gasteiger partial charge is 0.231 e. The van der Waals surface area contributed by atoms with Gasteiger partial charge in [-0.2, -0.15) is 0 Å². The van der Waals surface area contributed by atoms with Crippen molar-refractivity contribution in [1.29, 1.82) is 0 Å². The summed E-state index contributed by atoms with van der Waals surface area (Å²) in [5, 5.41) is 0. The highest BCUT2D eigenvalue weighted by Crippen LogP contribution is 2.40. The number of halogens is 1. The molecule has 1 fully saturated rings. The normalized spacial score (nSPS) is 25.0. The lowest BCUT2D eigenvalue weighted by Crippen LogP contribution is -2.42. The lowest BCUT2D eigenvalue weighted by molar-refractivity contribution is -0.132. The van der Waals surface area contributed by atoms with Gasteiger partial charge in [-0.05, 0) is 24.5 Å². The fraction of sp³-hybridized carbons (Fsp3) is 0.500. The Labute approximate surface area is 124 Å². The minimum absolute atomic E-state index is 0. The van der Waals surface area contributed by atoms with Crippen LogP contribution in [0.15, 0.2) is 29.2 Å². The van der Waals surface area contributed by atoms with E-state index in [-0.39, 0.29) is 30.3 Å². The maximum Gasteiger partial charge on any atom is 0.231 e. The minimum Gasteiger partial charge on any atom is -0.338 e. The molecule has 1 aromatic carbocycles. The van der Waals surface area contributed by atoms with Crippen LogP contribution in [0.25, 0.3) is 0 Å². The van der Waals surface area contributed by atoms with Gasteiger partial charge in [-0.15, -0.1) is 24.2 Å². The van der Waals surface area contributed by atoms with Crippen molar-refractivity contribution in [2.75, 3.05) is 18.8 Å². The summed E-state index contributed by atoms with van der Waals surface area (Å²) in [6.45, 7) is 1.47. The quantitative estimate of drug-likeness (QED) is 0.911. The maximum atomic E-state index is 12.6. The molecule has 1 aromatic rings. The molecule has 1 amide bonds. The summed E-state index contributed by atoms with van der Waals surface area (Å²) in [5.74, 6) is 1.20. The molecule has 3 rings (SSSR count). The van der Waals surface area contributed by atoms with E-state index in [0.29, 0.717) is 6.54 Å². The molecule has 5 heteroatoms. The number of hydrogen-bond acceptors (Lipinski definition) is 3. The molecular weight excluding hydrogens is 280 g/mol. The molecule has 0 aliphatic carbocycles. The Hall–Kier alpha value is -0.710. The van der Waals surface area contributed by atoms with Crippen molar-refractivity contribution >= 4 is 30.1 Å². The zero-order valence-electron chi connectivity index (χ0n) is 10.7. The van der Waals surface area contributed by atoms with Crippen molar-refractivity contribution in [3.8, 4) is 0 Å². The molecular formula is C14H19ClN2OS. The Kier molecular flexibility index (Phi) is 4.76. The van der Waals surface area contributed by atoms with Crippen LogP contribution in [0.5, 0.6) is 0 Å². The zero-order chi connectivity index (χ0) is 12.5. The minimum atomic E-state index is 0. The predicted molar refractivity (Wildman–Crippen MR) is 80.9 cm³/mol. The zero-order valence-corrected chi connectivity index (χ0v) is 12.4. The van der Waals surface area contributed by atoms with E-state index in [9.17, 15) is 4.79 Å². The monoisotopic (exact) mass is 298 g/mol. The average molecular weight is 299 g/mol. The molecule has 0 bridgehead atoms. The van der Waals surface area contributed by atoms with Crippen molar-refractivity contribution in [1.82, 2.24) is 4.90 Å². The van der Waals surface area contributed by atoms with E-state index in [1.54, 1.807) is 11.8 Å². The van der Waals surface area contributed by atoms with E-state index in [4.69, 9.17) is 5.73 Å². The van der Waals surface area contributed by atoms with Gasteiger partial charge in [0.25, 0.3) is 0 Å². The Morgan fingerprint density at radius 2 is 2.21 bits per heavy atom. The molecule has 2 N–H and O–H groups in total. The van der Waals surface area contributed by atoms with Crippen LogP contribution in [-0.2, 0) is 4.79 Å². The number of hydrogen-bond donors (Lipinski definition) is 1. The number of amides is 1. The first-order valence-corrected chi connectivity index (χ1v) is 7.52. The summed E-state index contributed by atoms with van der Waals surface area (Å²) in [6.07, 6.45) is 2.15. The van der Waals surface area contributed by atoms with E-state index in [1.165, 1.54) is 10.5 Å². The van der Waals surface area contributed by atoms with Crippen molar-refractivity contribution in [3.63, 3.8) is 0 Å². The van der Waals surface area contributed by atoms with Crippen LogP contribution in [0.2, 0.25) is 0 Å². The number of rotatable bonds is 2. The Balaban J connectivity index is 0.00000133. The number of nitrogens with zero attached hydrogens (tertiary/aromatic N) is 1. The highest BCUT2D eigenvalue weighted by atomic mass is 35.5.